The Morgan fingerprint density at radius 3 is 2.77 bits per heavy atom. The van der Waals surface area contributed by atoms with E-state index in [2.05, 4.69) is 17.5 Å². The highest BCUT2D eigenvalue weighted by atomic mass is 35.5. The summed E-state index contributed by atoms with van der Waals surface area (Å²) in [5.41, 5.74) is 1.94. The summed E-state index contributed by atoms with van der Waals surface area (Å²) in [5.74, 6) is -2.18. The van der Waals surface area contributed by atoms with Gasteiger partial charge in [-0.1, -0.05) is 54.0 Å². The van der Waals surface area contributed by atoms with E-state index in [9.17, 15) is 23.2 Å². The normalized spacial score (nSPS) is 24.9. The summed E-state index contributed by atoms with van der Waals surface area (Å²) in [5, 5.41) is 12.7. The first kappa shape index (κ1) is 31.2. The van der Waals surface area contributed by atoms with E-state index < -0.39 is 29.3 Å². The first-order valence-corrected chi connectivity index (χ1v) is 16.7. The summed E-state index contributed by atoms with van der Waals surface area (Å²) in [6, 6.07) is 13.9. The van der Waals surface area contributed by atoms with Gasteiger partial charge in [-0.3, -0.25) is 9.69 Å². The first-order chi connectivity index (χ1) is 23.1. The third-order valence-corrected chi connectivity index (χ3v) is 11.3. The Balaban J connectivity index is 1.27. The number of hydrogen-bond acceptors (Lipinski definition) is 6. The zero-order valence-electron chi connectivity index (χ0n) is 25.8. The monoisotopic (exact) mass is 691 g/mol. The summed E-state index contributed by atoms with van der Waals surface area (Å²) in [4.78, 5) is 23.0. The Kier molecular flexibility index (Phi) is 7.51. The van der Waals surface area contributed by atoms with Gasteiger partial charge >= 0.3 is 0 Å². The summed E-state index contributed by atoms with van der Waals surface area (Å²) in [6.07, 6.45) is 1.69. The highest BCUT2D eigenvalue weighted by Gasteiger charge is 2.51. The van der Waals surface area contributed by atoms with Gasteiger partial charge in [0.1, 0.15) is 30.2 Å². The second kappa shape index (κ2) is 11.5. The molecule has 12 heteroatoms. The predicted octanol–water partition coefficient (Wildman–Crippen LogP) is 7.60. The largest absolute Gasteiger partial charge is 0.475 e. The number of nitriles is 1. The molecule has 1 aromatic heterocycles. The molecule has 0 N–H and O–H groups in total. The standard InChI is InChI=1S/C36H30Cl2F3N5O2/c1-19(39)35(47)45-11-8-29-30(45)17-46(29)33-24-12-26(37)23(22-5-2-4-20-6-7-27(41)32(38)31(20)22)13-28(24)43-34(25(33)15-42)48-18-36-9-3-10-44(36)16-21(40)14-36/h2,4-7,12-13,21,29-30H,1,3,8-11,14,16-18H2/t21-,29-,30-,36+/m1/s1. The number of fused-ring (bicyclic) bond motifs is 4. The molecular weight excluding hydrogens is 662 g/mol. The smallest absolute Gasteiger partial charge is 0.282 e. The highest BCUT2D eigenvalue weighted by Crippen LogP contribution is 2.48. The van der Waals surface area contributed by atoms with Gasteiger partial charge in [-0.15, -0.1) is 0 Å². The molecule has 4 atom stereocenters. The quantitative estimate of drug-likeness (QED) is 0.194. The molecule has 1 amide bonds. The van der Waals surface area contributed by atoms with E-state index in [0.717, 1.165) is 24.8 Å². The van der Waals surface area contributed by atoms with Crippen LogP contribution >= 0.6 is 23.2 Å². The van der Waals surface area contributed by atoms with Gasteiger partial charge in [-0.05, 0) is 55.0 Å². The molecule has 5 heterocycles. The number of rotatable bonds is 6. The number of pyridine rings is 1. The molecule has 0 radical (unpaired) electrons. The van der Waals surface area contributed by atoms with Gasteiger partial charge in [-0.2, -0.15) is 5.26 Å². The number of amides is 1. The Morgan fingerprint density at radius 2 is 1.98 bits per heavy atom. The van der Waals surface area contributed by atoms with Crippen molar-refractivity contribution in [3.63, 3.8) is 0 Å². The SMILES string of the molecule is C=C(F)C(=O)N1CC[C@@H]2[C@H]1CN2c1c(C#N)c(OC[C@@]23CCCN2C[C@H](F)C3)nc2cc(-c3cccc4ccc(F)c(Cl)c34)c(Cl)cc12. The maximum absolute atomic E-state index is 14.7. The zero-order chi connectivity index (χ0) is 33.5. The molecule has 4 aromatic rings. The molecule has 7 nitrogen and oxygen atoms in total. The van der Waals surface area contributed by atoms with Crippen molar-refractivity contribution in [3.05, 3.63) is 76.3 Å². The zero-order valence-corrected chi connectivity index (χ0v) is 27.3. The Bertz CT molecular complexity index is 2090. The molecule has 0 bridgehead atoms. The molecule has 48 heavy (non-hydrogen) atoms. The van der Waals surface area contributed by atoms with Crippen LogP contribution in [0.2, 0.25) is 10.0 Å². The van der Waals surface area contributed by atoms with Crippen LogP contribution in [0.15, 0.2) is 54.9 Å². The molecule has 4 aliphatic rings. The number of ether oxygens (including phenoxy) is 1. The summed E-state index contributed by atoms with van der Waals surface area (Å²) in [6.45, 7) is 5.22. The lowest BCUT2D eigenvalue weighted by molar-refractivity contribution is -0.130. The van der Waals surface area contributed by atoms with E-state index >= 15 is 0 Å². The van der Waals surface area contributed by atoms with E-state index in [-0.39, 0.29) is 35.2 Å². The fourth-order valence-corrected chi connectivity index (χ4v) is 8.97. The van der Waals surface area contributed by atoms with Crippen LogP contribution < -0.4 is 9.64 Å². The molecule has 4 fully saturated rings. The average Bonchev–Trinajstić information content (AvgIpc) is 3.70. The molecule has 4 saturated heterocycles. The van der Waals surface area contributed by atoms with Crippen molar-refractivity contribution in [2.24, 2.45) is 0 Å². The molecule has 0 unspecified atom stereocenters. The summed E-state index contributed by atoms with van der Waals surface area (Å²) < 4.78 is 49.5. The van der Waals surface area contributed by atoms with Gasteiger partial charge in [0.15, 0.2) is 5.83 Å². The number of aromatic nitrogens is 1. The van der Waals surface area contributed by atoms with Crippen molar-refractivity contribution < 1.29 is 22.7 Å². The fourth-order valence-electron chi connectivity index (χ4n) is 8.43. The lowest BCUT2D eigenvalue weighted by Crippen LogP contribution is -2.63. The van der Waals surface area contributed by atoms with Crippen molar-refractivity contribution in [1.29, 1.82) is 5.26 Å². The van der Waals surface area contributed by atoms with Crippen molar-refractivity contribution in [3.8, 4) is 23.1 Å². The van der Waals surface area contributed by atoms with Crippen LogP contribution in [0.25, 0.3) is 32.8 Å². The number of halogens is 5. The number of nitrogens with zero attached hydrogens (tertiary/aromatic N) is 5. The lowest BCUT2D eigenvalue weighted by Gasteiger charge is -2.48. The molecule has 246 valence electrons. The van der Waals surface area contributed by atoms with Gasteiger partial charge in [0.2, 0.25) is 5.88 Å². The van der Waals surface area contributed by atoms with E-state index in [1.165, 1.54) is 11.0 Å². The van der Waals surface area contributed by atoms with Crippen LogP contribution in [0.3, 0.4) is 0 Å². The number of likely N-dealkylation sites (tertiary alicyclic amines) is 1. The van der Waals surface area contributed by atoms with Crippen molar-refractivity contribution in [1.82, 2.24) is 14.8 Å². The highest BCUT2D eigenvalue weighted by molar-refractivity contribution is 6.38. The minimum atomic E-state index is -1.01. The van der Waals surface area contributed by atoms with Crippen LogP contribution in [0.1, 0.15) is 31.2 Å². The Morgan fingerprint density at radius 1 is 1.15 bits per heavy atom. The summed E-state index contributed by atoms with van der Waals surface area (Å²) >= 11 is 13.5. The molecular formula is C36H30Cl2F3N5O2. The Hall–Kier alpha value is -4.04. The number of carbonyl (C=O) groups is 1. The molecule has 0 aliphatic carbocycles. The number of benzene rings is 3. The average molecular weight is 693 g/mol. The molecule has 4 aliphatic heterocycles. The molecule has 8 rings (SSSR count). The van der Waals surface area contributed by atoms with Crippen molar-refractivity contribution in [2.45, 2.75) is 49.5 Å². The first-order valence-electron chi connectivity index (χ1n) is 16.0. The molecule has 0 spiro atoms. The topological polar surface area (TPSA) is 72.7 Å². The minimum Gasteiger partial charge on any atom is -0.475 e. The van der Waals surface area contributed by atoms with Crippen LogP contribution in [0.4, 0.5) is 18.9 Å². The van der Waals surface area contributed by atoms with Gasteiger partial charge in [0.25, 0.3) is 5.91 Å². The van der Waals surface area contributed by atoms with Crippen LogP contribution in [0, 0.1) is 17.1 Å². The Labute approximate surface area is 285 Å². The van der Waals surface area contributed by atoms with E-state index in [1.807, 2.05) is 23.1 Å². The lowest BCUT2D eigenvalue weighted by atomic mass is 9.92. The number of carbonyl (C=O) groups excluding carboxylic acids is 1. The van der Waals surface area contributed by atoms with Crippen LogP contribution in [-0.4, -0.2) is 77.3 Å². The van der Waals surface area contributed by atoms with Crippen LogP contribution in [0.5, 0.6) is 5.88 Å². The van der Waals surface area contributed by atoms with Gasteiger partial charge in [-0.25, -0.2) is 18.2 Å². The van der Waals surface area contributed by atoms with Crippen LogP contribution in [-0.2, 0) is 4.79 Å². The molecule has 0 saturated carbocycles. The second-order valence-corrected chi connectivity index (χ2v) is 14.0. The summed E-state index contributed by atoms with van der Waals surface area (Å²) in [7, 11) is 0. The van der Waals surface area contributed by atoms with Crippen molar-refractivity contribution >= 4 is 56.5 Å². The van der Waals surface area contributed by atoms with E-state index in [1.54, 1.807) is 18.2 Å². The predicted molar refractivity (Wildman–Crippen MR) is 179 cm³/mol. The van der Waals surface area contributed by atoms with Gasteiger partial charge in [0, 0.05) is 47.4 Å². The number of hydrogen-bond donors (Lipinski definition) is 0. The number of anilines is 1. The van der Waals surface area contributed by atoms with Crippen molar-refractivity contribution in [2.75, 3.05) is 37.7 Å². The van der Waals surface area contributed by atoms with Gasteiger partial charge in [0.05, 0.1) is 33.8 Å². The van der Waals surface area contributed by atoms with E-state index in [0.29, 0.717) is 70.6 Å². The minimum absolute atomic E-state index is 0.0252. The third-order valence-electron chi connectivity index (χ3n) is 10.7. The fraction of sp³-hybridized carbons (Fsp3) is 0.361. The third kappa shape index (κ3) is 4.73. The maximum atomic E-state index is 14.7. The molecule has 3 aromatic carbocycles. The second-order valence-electron chi connectivity index (χ2n) is 13.2. The van der Waals surface area contributed by atoms with Gasteiger partial charge < -0.3 is 14.5 Å². The maximum Gasteiger partial charge on any atom is 0.282 e. The number of alkyl halides is 1. The van der Waals surface area contributed by atoms with E-state index in [4.69, 9.17) is 32.9 Å².